The smallest absolute Gasteiger partial charge is 0.222 e. The van der Waals surface area contributed by atoms with Gasteiger partial charge in [0.25, 0.3) is 0 Å². The summed E-state index contributed by atoms with van der Waals surface area (Å²) in [5.41, 5.74) is 0. The molecule has 1 saturated heterocycles. The van der Waals surface area contributed by atoms with E-state index in [1.54, 1.807) is 0 Å². The van der Waals surface area contributed by atoms with Crippen LogP contribution in [0.15, 0.2) is 35.2 Å². The van der Waals surface area contributed by atoms with Gasteiger partial charge in [0.1, 0.15) is 0 Å². The van der Waals surface area contributed by atoms with Gasteiger partial charge in [-0.1, -0.05) is 32.0 Å². The lowest BCUT2D eigenvalue weighted by Crippen LogP contribution is -2.47. The standard InChI is InChI=1S/C19H31N3OS/c1-16(2)20-17(15-24-18-7-5-4-6-8-18)9-10-19(23)22-13-11-21(3)12-14-22/h4-8,16-17,20H,9-15H2,1-3H3/t17-/m1/s1. The van der Waals surface area contributed by atoms with Gasteiger partial charge in [0, 0.05) is 55.3 Å². The Hall–Kier alpha value is -1.04. The first-order valence-corrected chi connectivity index (χ1v) is 9.93. The summed E-state index contributed by atoms with van der Waals surface area (Å²) in [4.78, 5) is 18.0. The third kappa shape index (κ3) is 6.83. The van der Waals surface area contributed by atoms with Gasteiger partial charge in [-0.05, 0) is 25.6 Å². The second kappa shape index (κ2) is 10.1. The van der Waals surface area contributed by atoms with Gasteiger partial charge < -0.3 is 15.1 Å². The summed E-state index contributed by atoms with van der Waals surface area (Å²) >= 11 is 1.86. The summed E-state index contributed by atoms with van der Waals surface area (Å²) in [6, 6.07) is 11.3. The molecule has 0 saturated carbocycles. The number of likely N-dealkylation sites (N-methyl/N-ethyl adjacent to an activating group) is 1. The predicted octanol–water partition coefficient (Wildman–Crippen LogP) is 2.70. The number of nitrogens with one attached hydrogen (secondary N) is 1. The Morgan fingerprint density at radius 2 is 1.83 bits per heavy atom. The van der Waals surface area contributed by atoms with Crippen LogP contribution in [0.5, 0.6) is 0 Å². The molecule has 1 amide bonds. The predicted molar refractivity (Wildman–Crippen MR) is 103 cm³/mol. The number of rotatable bonds is 8. The molecule has 24 heavy (non-hydrogen) atoms. The number of carbonyl (C=O) groups excluding carboxylic acids is 1. The molecule has 0 aliphatic carbocycles. The third-order valence-corrected chi connectivity index (χ3v) is 5.50. The highest BCUT2D eigenvalue weighted by atomic mass is 32.2. The van der Waals surface area contributed by atoms with Gasteiger partial charge >= 0.3 is 0 Å². The van der Waals surface area contributed by atoms with Crippen LogP contribution in [0.25, 0.3) is 0 Å². The first-order valence-electron chi connectivity index (χ1n) is 8.95. The summed E-state index contributed by atoms with van der Waals surface area (Å²) in [7, 11) is 2.12. The summed E-state index contributed by atoms with van der Waals surface area (Å²) in [5, 5.41) is 3.62. The minimum Gasteiger partial charge on any atom is -0.340 e. The molecule has 0 aromatic heterocycles. The van der Waals surface area contributed by atoms with E-state index >= 15 is 0 Å². The van der Waals surface area contributed by atoms with Crippen molar-refractivity contribution in [2.24, 2.45) is 0 Å². The fraction of sp³-hybridized carbons (Fsp3) is 0.632. The van der Waals surface area contributed by atoms with E-state index in [0.29, 0.717) is 24.4 Å². The molecule has 0 unspecified atom stereocenters. The molecule has 1 aromatic carbocycles. The van der Waals surface area contributed by atoms with Crippen LogP contribution < -0.4 is 5.32 Å². The molecule has 1 aromatic rings. The summed E-state index contributed by atoms with van der Waals surface area (Å²) in [6.07, 6.45) is 1.55. The summed E-state index contributed by atoms with van der Waals surface area (Å²) < 4.78 is 0. The molecule has 5 heteroatoms. The van der Waals surface area contributed by atoms with Crippen molar-refractivity contribution in [3.63, 3.8) is 0 Å². The van der Waals surface area contributed by atoms with Crippen LogP contribution in [-0.2, 0) is 4.79 Å². The van der Waals surface area contributed by atoms with Crippen LogP contribution in [0.2, 0.25) is 0 Å². The number of amides is 1. The second-order valence-electron chi connectivity index (χ2n) is 6.87. The molecule has 4 nitrogen and oxygen atoms in total. The van der Waals surface area contributed by atoms with Crippen LogP contribution >= 0.6 is 11.8 Å². The zero-order valence-corrected chi connectivity index (χ0v) is 16.0. The number of piperazine rings is 1. The molecule has 2 rings (SSSR count). The summed E-state index contributed by atoms with van der Waals surface area (Å²) in [6.45, 7) is 8.06. The number of hydrogen-bond donors (Lipinski definition) is 1. The van der Waals surface area contributed by atoms with Gasteiger partial charge in [-0.2, -0.15) is 0 Å². The minimum atomic E-state index is 0.309. The van der Waals surface area contributed by atoms with Gasteiger partial charge in [-0.3, -0.25) is 4.79 Å². The number of benzene rings is 1. The average molecular weight is 350 g/mol. The summed E-state index contributed by atoms with van der Waals surface area (Å²) in [5.74, 6) is 1.31. The topological polar surface area (TPSA) is 35.6 Å². The van der Waals surface area contributed by atoms with E-state index in [2.05, 4.69) is 55.4 Å². The van der Waals surface area contributed by atoms with E-state index in [1.165, 1.54) is 4.90 Å². The molecule has 0 spiro atoms. The van der Waals surface area contributed by atoms with Crippen molar-refractivity contribution in [3.8, 4) is 0 Å². The normalized spacial score (nSPS) is 17.2. The van der Waals surface area contributed by atoms with Crippen molar-refractivity contribution < 1.29 is 4.79 Å². The maximum Gasteiger partial charge on any atom is 0.222 e. The van der Waals surface area contributed by atoms with E-state index in [4.69, 9.17) is 0 Å². The van der Waals surface area contributed by atoms with Crippen molar-refractivity contribution in [1.29, 1.82) is 0 Å². The van der Waals surface area contributed by atoms with Crippen molar-refractivity contribution in [2.75, 3.05) is 39.0 Å². The largest absolute Gasteiger partial charge is 0.340 e. The highest BCUT2D eigenvalue weighted by Crippen LogP contribution is 2.20. The maximum atomic E-state index is 12.4. The van der Waals surface area contributed by atoms with Crippen LogP contribution in [0.4, 0.5) is 0 Å². The Kier molecular flexibility index (Phi) is 8.09. The van der Waals surface area contributed by atoms with Gasteiger partial charge in [0.2, 0.25) is 5.91 Å². The zero-order chi connectivity index (χ0) is 17.4. The van der Waals surface area contributed by atoms with Crippen molar-refractivity contribution in [1.82, 2.24) is 15.1 Å². The number of hydrogen-bond acceptors (Lipinski definition) is 4. The molecule has 0 bridgehead atoms. The molecule has 1 atom stereocenters. The molecule has 1 aliphatic rings. The fourth-order valence-corrected chi connectivity index (χ4v) is 3.92. The number of nitrogens with zero attached hydrogens (tertiary/aromatic N) is 2. The van der Waals surface area contributed by atoms with Gasteiger partial charge in [0.15, 0.2) is 0 Å². The first-order chi connectivity index (χ1) is 11.5. The van der Waals surface area contributed by atoms with Crippen LogP contribution in [0.3, 0.4) is 0 Å². The quantitative estimate of drug-likeness (QED) is 0.732. The zero-order valence-electron chi connectivity index (χ0n) is 15.2. The van der Waals surface area contributed by atoms with Gasteiger partial charge in [-0.15, -0.1) is 11.8 Å². The van der Waals surface area contributed by atoms with E-state index < -0.39 is 0 Å². The fourth-order valence-electron chi connectivity index (χ4n) is 2.91. The lowest BCUT2D eigenvalue weighted by Gasteiger charge is -2.33. The van der Waals surface area contributed by atoms with E-state index in [0.717, 1.165) is 38.4 Å². The Balaban J connectivity index is 1.78. The highest BCUT2D eigenvalue weighted by Gasteiger charge is 2.20. The van der Waals surface area contributed by atoms with Gasteiger partial charge in [-0.25, -0.2) is 0 Å². The Morgan fingerprint density at radius 3 is 2.46 bits per heavy atom. The van der Waals surface area contributed by atoms with Crippen LogP contribution in [-0.4, -0.2) is 66.8 Å². The molecule has 1 heterocycles. The lowest BCUT2D eigenvalue weighted by molar-refractivity contribution is -0.132. The van der Waals surface area contributed by atoms with Crippen LogP contribution in [0.1, 0.15) is 26.7 Å². The number of thioether (sulfide) groups is 1. The highest BCUT2D eigenvalue weighted by molar-refractivity contribution is 7.99. The third-order valence-electron chi connectivity index (χ3n) is 4.33. The lowest BCUT2D eigenvalue weighted by atomic mass is 10.1. The SMILES string of the molecule is CC(C)N[C@H](CCC(=O)N1CCN(C)CC1)CSc1ccccc1. The van der Waals surface area contributed by atoms with Crippen LogP contribution in [0, 0.1) is 0 Å². The molecule has 0 radical (unpaired) electrons. The number of carbonyl (C=O) groups is 1. The van der Waals surface area contributed by atoms with Gasteiger partial charge in [0.05, 0.1) is 0 Å². The van der Waals surface area contributed by atoms with E-state index in [1.807, 2.05) is 22.7 Å². The second-order valence-corrected chi connectivity index (χ2v) is 7.96. The Morgan fingerprint density at radius 1 is 1.17 bits per heavy atom. The van der Waals surface area contributed by atoms with Crippen molar-refractivity contribution in [2.45, 2.75) is 43.7 Å². The molecule has 1 aliphatic heterocycles. The average Bonchev–Trinajstić information content (AvgIpc) is 2.58. The monoisotopic (exact) mass is 349 g/mol. The Bertz CT molecular complexity index is 487. The molecular weight excluding hydrogens is 318 g/mol. The van der Waals surface area contributed by atoms with Crippen molar-refractivity contribution >= 4 is 17.7 Å². The molecular formula is C19H31N3OS. The first kappa shape index (κ1) is 19.3. The molecule has 134 valence electrons. The molecule has 1 fully saturated rings. The Labute approximate surface area is 151 Å². The molecule has 1 N–H and O–H groups in total. The van der Waals surface area contributed by atoms with E-state index in [9.17, 15) is 4.79 Å². The minimum absolute atomic E-state index is 0.309. The maximum absolute atomic E-state index is 12.4. The van der Waals surface area contributed by atoms with Crippen molar-refractivity contribution in [3.05, 3.63) is 30.3 Å². The van der Waals surface area contributed by atoms with E-state index in [-0.39, 0.29) is 0 Å².